The molecule has 100 valence electrons. The Morgan fingerprint density at radius 3 is 2.94 bits per heavy atom. The van der Waals surface area contributed by atoms with E-state index in [-0.39, 0.29) is 19.1 Å². The highest BCUT2D eigenvalue weighted by Crippen LogP contribution is 2.20. The summed E-state index contributed by atoms with van der Waals surface area (Å²) in [4.78, 5) is 11.4. The number of hydrogen-bond acceptors (Lipinski definition) is 3. The minimum Gasteiger partial charge on any atom is -0.483 e. The Kier molecular flexibility index (Phi) is 6.14. The molecule has 0 saturated heterocycles. The van der Waals surface area contributed by atoms with E-state index in [1.807, 2.05) is 6.92 Å². The SMILES string of the molecule is CCCCNC(=O)COc1cccc(F)c1CN. The fourth-order valence-corrected chi connectivity index (χ4v) is 1.47. The second-order valence-corrected chi connectivity index (χ2v) is 3.91. The van der Waals surface area contributed by atoms with Gasteiger partial charge < -0.3 is 15.8 Å². The van der Waals surface area contributed by atoms with Gasteiger partial charge in [0.05, 0.1) is 0 Å². The summed E-state index contributed by atoms with van der Waals surface area (Å²) in [6, 6.07) is 4.44. The maximum atomic E-state index is 13.4. The molecule has 0 aromatic heterocycles. The number of nitrogens with two attached hydrogens (primary N) is 1. The zero-order valence-electron chi connectivity index (χ0n) is 10.5. The lowest BCUT2D eigenvalue weighted by Gasteiger charge is -2.11. The van der Waals surface area contributed by atoms with Crippen molar-refractivity contribution in [1.29, 1.82) is 0 Å². The summed E-state index contributed by atoms with van der Waals surface area (Å²) >= 11 is 0. The minimum absolute atomic E-state index is 0.0411. The van der Waals surface area contributed by atoms with Gasteiger partial charge in [0.15, 0.2) is 6.61 Å². The minimum atomic E-state index is -0.415. The zero-order chi connectivity index (χ0) is 13.4. The second-order valence-electron chi connectivity index (χ2n) is 3.91. The van der Waals surface area contributed by atoms with E-state index in [4.69, 9.17) is 10.5 Å². The molecule has 3 N–H and O–H groups in total. The standard InChI is InChI=1S/C13H19FN2O2/c1-2-3-7-16-13(17)9-18-12-6-4-5-11(14)10(12)8-15/h4-6H,2-3,7-9,15H2,1H3,(H,16,17). The van der Waals surface area contributed by atoms with Crippen molar-refractivity contribution in [2.75, 3.05) is 13.2 Å². The zero-order valence-corrected chi connectivity index (χ0v) is 10.5. The average molecular weight is 254 g/mol. The van der Waals surface area contributed by atoms with Crippen molar-refractivity contribution < 1.29 is 13.9 Å². The number of rotatable bonds is 7. The van der Waals surface area contributed by atoms with Crippen LogP contribution >= 0.6 is 0 Å². The molecule has 0 spiro atoms. The molecule has 0 fully saturated rings. The van der Waals surface area contributed by atoms with E-state index in [1.165, 1.54) is 12.1 Å². The molecule has 18 heavy (non-hydrogen) atoms. The number of ether oxygens (including phenoxy) is 1. The van der Waals surface area contributed by atoms with Crippen LogP contribution in [0.1, 0.15) is 25.3 Å². The lowest BCUT2D eigenvalue weighted by Crippen LogP contribution is -2.29. The maximum absolute atomic E-state index is 13.4. The maximum Gasteiger partial charge on any atom is 0.257 e. The van der Waals surface area contributed by atoms with E-state index in [0.717, 1.165) is 12.8 Å². The predicted molar refractivity (Wildman–Crippen MR) is 67.7 cm³/mol. The molecule has 1 aromatic rings. The van der Waals surface area contributed by atoms with Crippen LogP contribution in [-0.2, 0) is 11.3 Å². The van der Waals surface area contributed by atoms with Gasteiger partial charge in [-0.25, -0.2) is 4.39 Å². The first-order valence-electron chi connectivity index (χ1n) is 6.06. The lowest BCUT2D eigenvalue weighted by atomic mass is 10.2. The average Bonchev–Trinajstić information content (AvgIpc) is 2.36. The van der Waals surface area contributed by atoms with E-state index in [1.54, 1.807) is 6.07 Å². The molecule has 1 rings (SSSR count). The van der Waals surface area contributed by atoms with Gasteiger partial charge in [0.25, 0.3) is 5.91 Å². The van der Waals surface area contributed by atoms with Crippen LogP contribution in [0, 0.1) is 5.82 Å². The van der Waals surface area contributed by atoms with Crippen molar-refractivity contribution in [3.8, 4) is 5.75 Å². The summed E-state index contributed by atoms with van der Waals surface area (Å²) in [6.45, 7) is 2.59. The molecule has 0 atom stereocenters. The topological polar surface area (TPSA) is 64.3 Å². The summed E-state index contributed by atoms with van der Waals surface area (Å²) in [5, 5.41) is 2.72. The molecule has 5 heteroatoms. The van der Waals surface area contributed by atoms with E-state index in [9.17, 15) is 9.18 Å². The van der Waals surface area contributed by atoms with Gasteiger partial charge in [0.1, 0.15) is 11.6 Å². The number of carbonyl (C=O) groups excluding carboxylic acids is 1. The summed E-state index contributed by atoms with van der Waals surface area (Å²) in [5.74, 6) is -0.305. The van der Waals surface area contributed by atoms with Gasteiger partial charge >= 0.3 is 0 Å². The third kappa shape index (κ3) is 4.33. The van der Waals surface area contributed by atoms with E-state index in [2.05, 4.69) is 5.32 Å². The molecule has 4 nitrogen and oxygen atoms in total. The first-order valence-corrected chi connectivity index (χ1v) is 6.06. The number of carbonyl (C=O) groups is 1. The highest BCUT2D eigenvalue weighted by atomic mass is 19.1. The Bertz CT molecular complexity index is 397. The van der Waals surface area contributed by atoms with Gasteiger partial charge in [-0.15, -0.1) is 0 Å². The molecule has 1 aromatic carbocycles. The number of nitrogens with one attached hydrogen (secondary N) is 1. The number of unbranched alkanes of at least 4 members (excludes halogenated alkanes) is 1. The molecule has 0 heterocycles. The van der Waals surface area contributed by atoms with Gasteiger partial charge in [-0.2, -0.15) is 0 Å². The van der Waals surface area contributed by atoms with Crippen molar-refractivity contribution in [3.05, 3.63) is 29.6 Å². The molecule has 0 aliphatic carbocycles. The van der Waals surface area contributed by atoms with Crippen molar-refractivity contribution in [1.82, 2.24) is 5.32 Å². The Morgan fingerprint density at radius 1 is 1.50 bits per heavy atom. The Labute approximate surface area is 106 Å². The Hall–Kier alpha value is -1.62. The smallest absolute Gasteiger partial charge is 0.257 e. The Balaban J connectivity index is 2.48. The van der Waals surface area contributed by atoms with Gasteiger partial charge in [0, 0.05) is 18.7 Å². The third-order valence-electron chi connectivity index (χ3n) is 2.49. The fourth-order valence-electron chi connectivity index (χ4n) is 1.47. The molecule has 0 bridgehead atoms. The van der Waals surface area contributed by atoms with Gasteiger partial charge in [-0.1, -0.05) is 19.4 Å². The first-order chi connectivity index (χ1) is 8.69. The number of hydrogen-bond donors (Lipinski definition) is 2. The van der Waals surface area contributed by atoms with Crippen LogP contribution in [0.5, 0.6) is 5.75 Å². The van der Waals surface area contributed by atoms with Crippen LogP contribution in [0.15, 0.2) is 18.2 Å². The summed E-state index contributed by atoms with van der Waals surface area (Å²) < 4.78 is 18.6. The highest BCUT2D eigenvalue weighted by Gasteiger charge is 2.09. The van der Waals surface area contributed by atoms with Crippen molar-refractivity contribution in [3.63, 3.8) is 0 Å². The largest absolute Gasteiger partial charge is 0.483 e. The van der Waals surface area contributed by atoms with Crippen LogP contribution in [-0.4, -0.2) is 19.1 Å². The molecule has 0 aliphatic heterocycles. The van der Waals surface area contributed by atoms with Crippen molar-refractivity contribution in [2.24, 2.45) is 5.73 Å². The van der Waals surface area contributed by atoms with E-state index >= 15 is 0 Å². The van der Waals surface area contributed by atoms with Crippen LogP contribution in [0.2, 0.25) is 0 Å². The van der Waals surface area contributed by atoms with Gasteiger partial charge in [0.2, 0.25) is 0 Å². The number of benzene rings is 1. The first kappa shape index (κ1) is 14.4. The predicted octanol–water partition coefficient (Wildman–Crippen LogP) is 1.58. The van der Waals surface area contributed by atoms with Crippen LogP contribution in [0.25, 0.3) is 0 Å². The molecular weight excluding hydrogens is 235 g/mol. The van der Waals surface area contributed by atoms with Gasteiger partial charge in [-0.05, 0) is 18.6 Å². The monoisotopic (exact) mass is 254 g/mol. The van der Waals surface area contributed by atoms with Crippen LogP contribution < -0.4 is 15.8 Å². The molecule has 1 amide bonds. The fraction of sp³-hybridized carbons (Fsp3) is 0.462. The van der Waals surface area contributed by atoms with Crippen molar-refractivity contribution in [2.45, 2.75) is 26.3 Å². The van der Waals surface area contributed by atoms with Gasteiger partial charge in [-0.3, -0.25) is 4.79 Å². The number of halogens is 1. The van der Waals surface area contributed by atoms with E-state index < -0.39 is 5.82 Å². The highest BCUT2D eigenvalue weighted by molar-refractivity contribution is 5.77. The van der Waals surface area contributed by atoms with Crippen LogP contribution in [0.3, 0.4) is 0 Å². The molecule has 0 unspecified atom stereocenters. The molecule has 0 saturated carbocycles. The third-order valence-corrected chi connectivity index (χ3v) is 2.49. The molecule has 0 aliphatic rings. The normalized spacial score (nSPS) is 10.2. The van der Waals surface area contributed by atoms with Crippen molar-refractivity contribution >= 4 is 5.91 Å². The lowest BCUT2D eigenvalue weighted by molar-refractivity contribution is -0.123. The summed E-state index contributed by atoms with van der Waals surface area (Å²) in [6.07, 6.45) is 1.95. The quantitative estimate of drug-likeness (QED) is 0.726. The molecular formula is C13H19FN2O2. The number of amides is 1. The summed E-state index contributed by atoms with van der Waals surface area (Å²) in [5.41, 5.74) is 5.73. The van der Waals surface area contributed by atoms with Crippen LogP contribution in [0.4, 0.5) is 4.39 Å². The summed E-state index contributed by atoms with van der Waals surface area (Å²) in [7, 11) is 0. The van der Waals surface area contributed by atoms with E-state index in [0.29, 0.717) is 17.9 Å². The second kappa shape index (κ2) is 7.66. The Morgan fingerprint density at radius 2 is 2.28 bits per heavy atom. The molecule has 0 radical (unpaired) electrons.